The van der Waals surface area contributed by atoms with Gasteiger partial charge in [0.25, 0.3) is 0 Å². The molecule has 0 aliphatic carbocycles. The van der Waals surface area contributed by atoms with Gasteiger partial charge in [0.1, 0.15) is 24.0 Å². The molecule has 6 heteroatoms. The smallest absolute Gasteiger partial charge is 0.124 e. The molecule has 2 atom stereocenters. The third-order valence-corrected chi connectivity index (χ3v) is 4.94. The van der Waals surface area contributed by atoms with Crippen LogP contribution in [0.25, 0.3) is 5.70 Å². The first-order chi connectivity index (χ1) is 14.4. The van der Waals surface area contributed by atoms with Crippen molar-refractivity contribution in [3.63, 3.8) is 0 Å². The lowest BCUT2D eigenvalue weighted by atomic mass is 9.98. The number of hydrogen-bond donors (Lipinski definition) is 1. The van der Waals surface area contributed by atoms with Crippen LogP contribution in [-0.2, 0) is 0 Å². The molecule has 2 aromatic carbocycles. The molecule has 0 aromatic heterocycles. The largest absolute Gasteiger partial charge is 0.516 e. The molecular formula is C24H25F3N2O. The molecule has 0 saturated heterocycles. The first-order valence-electron chi connectivity index (χ1n) is 9.90. The van der Waals surface area contributed by atoms with Gasteiger partial charge in [-0.25, -0.2) is 13.2 Å². The summed E-state index contributed by atoms with van der Waals surface area (Å²) < 4.78 is 41.5. The summed E-state index contributed by atoms with van der Waals surface area (Å²) in [6.45, 7) is 4.06. The molecule has 158 valence electrons. The number of aliphatic hydroxyl groups excluding tert-OH is 1. The lowest BCUT2D eigenvalue weighted by Gasteiger charge is -2.39. The summed E-state index contributed by atoms with van der Waals surface area (Å²) in [5.74, 6) is -0.631. The standard InChI is InChI=1S/C24H25F3N2O/c1-16(2)24-28-22(17-5-9-19(25)10-6-17)14-23(18-7-11-20(26)12-8-18)29(24)15-21(27)4-3-13-30/h3,5-14,16,21,24,30H,4,15H2,1-2H3/t21-,24?/m0/s1. The normalized spacial score (nSPS) is 17.9. The third kappa shape index (κ3) is 5.12. The van der Waals surface area contributed by atoms with Crippen molar-refractivity contribution in [2.75, 3.05) is 6.54 Å². The van der Waals surface area contributed by atoms with Crippen molar-refractivity contribution in [3.05, 3.63) is 89.7 Å². The lowest BCUT2D eigenvalue weighted by molar-refractivity contribution is 0.180. The van der Waals surface area contributed by atoms with E-state index >= 15 is 0 Å². The fraction of sp³-hybridized carbons (Fsp3) is 0.292. The zero-order chi connectivity index (χ0) is 21.7. The molecule has 30 heavy (non-hydrogen) atoms. The Morgan fingerprint density at radius 2 is 1.57 bits per heavy atom. The summed E-state index contributed by atoms with van der Waals surface area (Å²) in [5, 5.41) is 8.84. The minimum Gasteiger partial charge on any atom is -0.516 e. The number of hydrogen-bond acceptors (Lipinski definition) is 3. The third-order valence-electron chi connectivity index (χ3n) is 4.94. The van der Waals surface area contributed by atoms with E-state index in [1.165, 1.54) is 30.3 Å². The van der Waals surface area contributed by atoms with Crippen LogP contribution < -0.4 is 0 Å². The van der Waals surface area contributed by atoms with Crippen molar-refractivity contribution in [1.82, 2.24) is 4.90 Å². The molecule has 1 aliphatic rings. The summed E-state index contributed by atoms with van der Waals surface area (Å²) in [5.41, 5.74) is 2.87. The van der Waals surface area contributed by atoms with Gasteiger partial charge in [-0.2, -0.15) is 0 Å². The maximum atomic E-state index is 14.6. The first-order valence-corrected chi connectivity index (χ1v) is 9.90. The van der Waals surface area contributed by atoms with Crippen LogP contribution in [0.4, 0.5) is 13.2 Å². The van der Waals surface area contributed by atoms with Crippen molar-refractivity contribution in [2.24, 2.45) is 10.9 Å². The number of allylic oxidation sites excluding steroid dienone is 2. The number of alkyl halides is 1. The monoisotopic (exact) mass is 414 g/mol. The molecule has 3 rings (SSSR count). The van der Waals surface area contributed by atoms with E-state index in [1.807, 2.05) is 24.8 Å². The molecule has 0 amide bonds. The van der Waals surface area contributed by atoms with Crippen molar-refractivity contribution >= 4 is 11.4 Å². The Hall–Kier alpha value is -3.02. The quantitative estimate of drug-likeness (QED) is 0.573. The average Bonchev–Trinajstić information content (AvgIpc) is 2.73. The Morgan fingerprint density at radius 3 is 2.10 bits per heavy atom. The highest BCUT2D eigenvalue weighted by Crippen LogP contribution is 2.31. The van der Waals surface area contributed by atoms with Crippen LogP contribution in [0.15, 0.2) is 71.9 Å². The zero-order valence-corrected chi connectivity index (χ0v) is 17.0. The Morgan fingerprint density at radius 1 is 1.00 bits per heavy atom. The summed E-state index contributed by atoms with van der Waals surface area (Å²) >= 11 is 0. The number of aliphatic imine (C=N–C) groups is 1. The molecule has 0 spiro atoms. The molecule has 2 aromatic rings. The van der Waals surface area contributed by atoms with Crippen LogP contribution in [0, 0.1) is 17.6 Å². The van der Waals surface area contributed by atoms with E-state index in [4.69, 9.17) is 10.1 Å². The maximum absolute atomic E-state index is 14.6. The number of aliphatic hydroxyl groups is 1. The van der Waals surface area contributed by atoms with E-state index in [2.05, 4.69) is 0 Å². The highest BCUT2D eigenvalue weighted by atomic mass is 19.1. The van der Waals surface area contributed by atoms with Gasteiger partial charge in [-0.3, -0.25) is 4.99 Å². The van der Waals surface area contributed by atoms with Crippen LogP contribution >= 0.6 is 0 Å². The van der Waals surface area contributed by atoms with E-state index < -0.39 is 6.17 Å². The minimum absolute atomic E-state index is 0.0604. The average molecular weight is 414 g/mol. The second-order valence-electron chi connectivity index (χ2n) is 7.59. The van der Waals surface area contributed by atoms with Gasteiger partial charge in [0.15, 0.2) is 0 Å². The van der Waals surface area contributed by atoms with Crippen molar-refractivity contribution in [3.8, 4) is 0 Å². The van der Waals surface area contributed by atoms with Crippen LogP contribution in [0.1, 0.15) is 31.4 Å². The summed E-state index contributed by atoms with van der Waals surface area (Å²) in [7, 11) is 0. The molecule has 0 fully saturated rings. The van der Waals surface area contributed by atoms with Crippen LogP contribution in [0.5, 0.6) is 0 Å². The molecule has 1 unspecified atom stereocenters. The van der Waals surface area contributed by atoms with Gasteiger partial charge in [-0.15, -0.1) is 0 Å². The summed E-state index contributed by atoms with van der Waals surface area (Å²) in [4.78, 5) is 6.70. The zero-order valence-electron chi connectivity index (χ0n) is 17.0. The highest BCUT2D eigenvalue weighted by Gasteiger charge is 2.30. The Balaban J connectivity index is 2.06. The Kier molecular flexibility index (Phi) is 6.98. The lowest BCUT2D eigenvalue weighted by Crippen LogP contribution is -2.43. The van der Waals surface area contributed by atoms with E-state index in [1.54, 1.807) is 24.3 Å². The van der Waals surface area contributed by atoms with Gasteiger partial charge >= 0.3 is 0 Å². The molecule has 1 heterocycles. The fourth-order valence-electron chi connectivity index (χ4n) is 3.46. The van der Waals surface area contributed by atoms with Crippen molar-refractivity contribution in [2.45, 2.75) is 32.6 Å². The molecular weight excluding hydrogens is 389 g/mol. The van der Waals surface area contributed by atoms with Crippen molar-refractivity contribution in [1.29, 1.82) is 0 Å². The topological polar surface area (TPSA) is 35.8 Å². The minimum atomic E-state index is -1.22. The first kappa shape index (κ1) is 21.7. The fourth-order valence-corrected chi connectivity index (χ4v) is 3.46. The van der Waals surface area contributed by atoms with Crippen LogP contribution in [0.2, 0.25) is 0 Å². The van der Waals surface area contributed by atoms with Gasteiger partial charge in [0.2, 0.25) is 0 Å². The van der Waals surface area contributed by atoms with Crippen LogP contribution in [0.3, 0.4) is 0 Å². The van der Waals surface area contributed by atoms with Gasteiger partial charge in [0, 0.05) is 17.7 Å². The predicted octanol–water partition coefficient (Wildman–Crippen LogP) is 5.89. The van der Waals surface area contributed by atoms with Gasteiger partial charge in [0.05, 0.1) is 18.5 Å². The molecule has 0 saturated carbocycles. The number of nitrogens with zero attached hydrogens (tertiary/aromatic N) is 2. The van der Waals surface area contributed by atoms with Gasteiger partial charge < -0.3 is 10.0 Å². The molecule has 0 radical (unpaired) electrons. The summed E-state index contributed by atoms with van der Waals surface area (Å²) in [6.07, 6.45) is 2.53. The van der Waals surface area contributed by atoms with E-state index in [9.17, 15) is 13.2 Å². The van der Waals surface area contributed by atoms with E-state index in [0.717, 1.165) is 23.1 Å². The van der Waals surface area contributed by atoms with E-state index in [-0.39, 0.29) is 36.7 Å². The SMILES string of the molecule is CC(C)C1N=C(c2ccc(F)cc2)C=C(c2ccc(F)cc2)N1C[C@@H](F)CC=CO. The second kappa shape index (κ2) is 9.65. The molecule has 1 aliphatic heterocycles. The molecule has 3 nitrogen and oxygen atoms in total. The number of benzene rings is 2. The number of rotatable bonds is 7. The van der Waals surface area contributed by atoms with E-state index in [0.29, 0.717) is 5.71 Å². The van der Waals surface area contributed by atoms with Gasteiger partial charge in [-0.05, 0) is 72.2 Å². The summed E-state index contributed by atoms with van der Waals surface area (Å²) in [6, 6.07) is 12.1. The highest BCUT2D eigenvalue weighted by molar-refractivity contribution is 6.13. The maximum Gasteiger partial charge on any atom is 0.124 e. The van der Waals surface area contributed by atoms with Crippen molar-refractivity contribution < 1.29 is 18.3 Å². The Labute approximate surface area is 174 Å². The number of halogens is 3. The Bertz CT molecular complexity index is 934. The second-order valence-corrected chi connectivity index (χ2v) is 7.59. The molecule has 0 bridgehead atoms. The predicted molar refractivity (Wildman–Crippen MR) is 114 cm³/mol. The van der Waals surface area contributed by atoms with Gasteiger partial charge in [-0.1, -0.05) is 13.8 Å². The molecule has 1 N–H and O–H groups in total. The van der Waals surface area contributed by atoms with Crippen LogP contribution in [-0.4, -0.2) is 34.6 Å².